The minimum absolute atomic E-state index is 0.0238. The first-order valence-electron chi connectivity index (χ1n) is 13.7. The highest BCUT2D eigenvalue weighted by Crippen LogP contribution is 2.37. The average Bonchev–Trinajstić information content (AvgIpc) is 3.16. The van der Waals surface area contributed by atoms with Crippen molar-refractivity contribution < 1.29 is 22.8 Å². The number of hydrogen-bond acceptors (Lipinski definition) is 4. The molecule has 216 valence electrons. The van der Waals surface area contributed by atoms with Gasteiger partial charge in [-0.1, -0.05) is 41.9 Å². The number of benzene rings is 3. The molecular weight excluding hydrogens is 553 g/mol. The van der Waals surface area contributed by atoms with Crippen LogP contribution in [-0.4, -0.2) is 40.9 Å². The first-order valence-corrected chi connectivity index (χ1v) is 14.1. The van der Waals surface area contributed by atoms with Gasteiger partial charge in [-0.15, -0.1) is 0 Å². The highest BCUT2D eigenvalue weighted by atomic mass is 35.5. The van der Waals surface area contributed by atoms with Crippen molar-refractivity contribution in [1.29, 1.82) is 0 Å². The van der Waals surface area contributed by atoms with Gasteiger partial charge in [-0.05, 0) is 80.6 Å². The molecule has 0 aliphatic carbocycles. The van der Waals surface area contributed by atoms with Gasteiger partial charge in [0.2, 0.25) is 5.91 Å². The molecule has 5 rings (SSSR count). The van der Waals surface area contributed by atoms with Crippen molar-refractivity contribution in [3.63, 3.8) is 0 Å². The lowest BCUT2D eigenvalue weighted by molar-refractivity contribution is -0.137. The van der Waals surface area contributed by atoms with Gasteiger partial charge in [0.25, 0.3) is 5.91 Å². The molecule has 0 spiro atoms. The van der Waals surface area contributed by atoms with Crippen molar-refractivity contribution in [3.05, 3.63) is 94.5 Å². The van der Waals surface area contributed by atoms with E-state index in [2.05, 4.69) is 20.9 Å². The number of para-hydroxylation sites is 1. The van der Waals surface area contributed by atoms with Crippen molar-refractivity contribution in [2.45, 2.75) is 69.5 Å². The van der Waals surface area contributed by atoms with E-state index in [0.717, 1.165) is 49.4 Å². The topological polar surface area (TPSA) is 73.5 Å². The van der Waals surface area contributed by atoms with Gasteiger partial charge in [0.05, 0.1) is 16.8 Å². The summed E-state index contributed by atoms with van der Waals surface area (Å²) in [7, 11) is 0. The van der Waals surface area contributed by atoms with Crippen LogP contribution in [0.4, 0.5) is 24.5 Å². The fraction of sp³-hybridized carbons (Fsp3) is 0.355. The van der Waals surface area contributed by atoms with Gasteiger partial charge in [-0.25, -0.2) is 0 Å². The standard InChI is InChI=1S/C31H32ClF3N4O2/c1-19(29(40)38-24-16-25-13-14-26(17-24)39(25)18-20-9-11-22(32)12-10-20)36-30(41)27-7-2-3-8-28(27)37-23-6-4-5-21(15-23)31(33,34)35/h2-12,15,19,24-26,37H,13-14,16-18H2,1H3,(H,36,41)(H,38,40)/t19-,24?,25?,26?/m0/s1. The van der Waals surface area contributed by atoms with Gasteiger partial charge in [0.1, 0.15) is 6.04 Å². The Morgan fingerprint density at radius 3 is 2.34 bits per heavy atom. The Morgan fingerprint density at radius 1 is 0.976 bits per heavy atom. The second kappa shape index (κ2) is 12.1. The number of rotatable bonds is 8. The van der Waals surface area contributed by atoms with E-state index in [9.17, 15) is 22.8 Å². The molecular formula is C31H32ClF3N4O2. The Labute approximate surface area is 242 Å². The van der Waals surface area contributed by atoms with Gasteiger partial charge in [-0.3, -0.25) is 14.5 Å². The van der Waals surface area contributed by atoms with Crippen LogP contribution in [0.2, 0.25) is 5.02 Å². The molecule has 6 nitrogen and oxygen atoms in total. The monoisotopic (exact) mass is 584 g/mol. The molecule has 0 radical (unpaired) electrons. The van der Waals surface area contributed by atoms with Gasteiger partial charge >= 0.3 is 6.18 Å². The summed E-state index contributed by atoms with van der Waals surface area (Å²) in [5.74, 6) is -0.766. The third kappa shape index (κ3) is 7.02. The number of carbonyl (C=O) groups is 2. The second-order valence-electron chi connectivity index (χ2n) is 10.8. The maximum Gasteiger partial charge on any atom is 0.416 e. The first-order chi connectivity index (χ1) is 19.6. The SMILES string of the molecule is C[C@H](NC(=O)c1ccccc1Nc1cccc(C(F)(F)F)c1)C(=O)NC1CC2CCC(C1)N2Cc1ccc(Cl)cc1. The van der Waals surface area contributed by atoms with Crippen LogP contribution in [0.15, 0.2) is 72.8 Å². The lowest BCUT2D eigenvalue weighted by Crippen LogP contribution is -2.53. The van der Waals surface area contributed by atoms with Gasteiger partial charge in [0.15, 0.2) is 0 Å². The van der Waals surface area contributed by atoms with Crippen molar-refractivity contribution >= 4 is 34.8 Å². The molecule has 3 aromatic rings. The average molecular weight is 585 g/mol. The van der Waals surface area contributed by atoms with Gasteiger partial charge in [-0.2, -0.15) is 13.2 Å². The van der Waals surface area contributed by atoms with E-state index >= 15 is 0 Å². The van der Waals surface area contributed by atoms with E-state index < -0.39 is 23.7 Å². The van der Waals surface area contributed by atoms with E-state index in [-0.39, 0.29) is 23.2 Å². The maximum atomic E-state index is 13.1. The number of anilines is 2. The number of carbonyl (C=O) groups excluding carboxylic acids is 2. The number of amides is 2. The number of nitrogens with one attached hydrogen (secondary N) is 3. The molecule has 10 heteroatoms. The van der Waals surface area contributed by atoms with Gasteiger partial charge in [0, 0.05) is 35.4 Å². The molecule has 2 amide bonds. The third-order valence-corrected chi connectivity index (χ3v) is 8.14. The molecule has 2 bridgehead atoms. The molecule has 2 heterocycles. The molecule has 0 aromatic heterocycles. The zero-order valence-corrected chi connectivity index (χ0v) is 23.3. The van der Waals surface area contributed by atoms with Crippen LogP contribution >= 0.6 is 11.6 Å². The zero-order valence-electron chi connectivity index (χ0n) is 22.5. The summed E-state index contributed by atoms with van der Waals surface area (Å²) in [6, 6.07) is 19.2. The van der Waals surface area contributed by atoms with Crippen LogP contribution < -0.4 is 16.0 Å². The highest BCUT2D eigenvalue weighted by Gasteiger charge is 2.41. The lowest BCUT2D eigenvalue weighted by atomic mass is 9.96. The molecule has 2 saturated heterocycles. The number of alkyl halides is 3. The molecule has 3 N–H and O–H groups in total. The normalized spacial score (nSPS) is 21.2. The van der Waals surface area contributed by atoms with E-state index in [4.69, 9.17) is 11.6 Å². The fourth-order valence-corrected chi connectivity index (χ4v) is 5.96. The molecule has 3 atom stereocenters. The summed E-state index contributed by atoms with van der Waals surface area (Å²) in [5, 5.41) is 9.48. The highest BCUT2D eigenvalue weighted by molar-refractivity contribution is 6.30. The van der Waals surface area contributed by atoms with E-state index in [1.165, 1.54) is 17.7 Å². The summed E-state index contributed by atoms with van der Waals surface area (Å²) >= 11 is 6.03. The summed E-state index contributed by atoms with van der Waals surface area (Å²) in [4.78, 5) is 28.7. The molecule has 3 aromatic carbocycles. The number of piperidine rings is 1. The van der Waals surface area contributed by atoms with Crippen LogP contribution in [0.5, 0.6) is 0 Å². The summed E-state index contributed by atoms with van der Waals surface area (Å²) in [6.07, 6.45) is -0.607. The van der Waals surface area contributed by atoms with E-state index in [0.29, 0.717) is 17.8 Å². The Balaban J connectivity index is 1.17. The smallest absolute Gasteiger partial charge is 0.355 e. The number of hydrogen-bond donors (Lipinski definition) is 3. The molecule has 0 saturated carbocycles. The largest absolute Gasteiger partial charge is 0.416 e. The minimum Gasteiger partial charge on any atom is -0.355 e. The van der Waals surface area contributed by atoms with Crippen LogP contribution in [0.1, 0.15) is 54.1 Å². The quantitative estimate of drug-likeness (QED) is 0.281. The second-order valence-corrected chi connectivity index (χ2v) is 11.2. The van der Waals surface area contributed by atoms with Gasteiger partial charge < -0.3 is 16.0 Å². The molecule has 2 unspecified atom stereocenters. The summed E-state index contributed by atoms with van der Waals surface area (Å²) in [6.45, 7) is 2.48. The lowest BCUT2D eigenvalue weighted by Gasteiger charge is -2.39. The zero-order chi connectivity index (χ0) is 29.1. The predicted molar refractivity (Wildman–Crippen MR) is 153 cm³/mol. The van der Waals surface area contributed by atoms with Crippen molar-refractivity contribution in [2.24, 2.45) is 0 Å². The van der Waals surface area contributed by atoms with Crippen LogP contribution in [0, 0.1) is 0 Å². The maximum absolute atomic E-state index is 13.1. The summed E-state index contributed by atoms with van der Waals surface area (Å²) < 4.78 is 39.4. The molecule has 2 aliphatic rings. The Morgan fingerprint density at radius 2 is 1.66 bits per heavy atom. The Hall–Kier alpha value is -3.56. The minimum atomic E-state index is -4.48. The van der Waals surface area contributed by atoms with Crippen LogP contribution in [0.3, 0.4) is 0 Å². The van der Waals surface area contributed by atoms with Crippen LogP contribution in [-0.2, 0) is 17.5 Å². The number of nitrogens with zero attached hydrogens (tertiary/aromatic N) is 1. The number of halogens is 4. The molecule has 2 aliphatic heterocycles. The van der Waals surface area contributed by atoms with E-state index in [1.807, 2.05) is 24.3 Å². The van der Waals surface area contributed by atoms with Crippen molar-refractivity contribution in [1.82, 2.24) is 15.5 Å². The Bertz CT molecular complexity index is 1380. The van der Waals surface area contributed by atoms with Crippen LogP contribution in [0.25, 0.3) is 0 Å². The molecule has 2 fully saturated rings. The van der Waals surface area contributed by atoms with Crippen molar-refractivity contribution in [3.8, 4) is 0 Å². The summed E-state index contributed by atoms with van der Waals surface area (Å²) in [5.41, 5.74) is 1.18. The molecule has 41 heavy (non-hydrogen) atoms. The van der Waals surface area contributed by atoms with E-state index in [1.54, 1.807) is 31.2 Å². The predicted octanol–water partition coefficient (Wildman–Crippen LogP) is 6.53. The first kappa shape index (κ1) is 29.0. The number of fused-ring (bicyclic) bond motifs is 2. The fourth-order valence-electron chi connectivity index (χ4n) is 5.84. The Kier molecular flexibility index (Phi) is 8.56. The van der Waals surface area contributed by atoms with Crippen molar-refractivity contribution in [2.75, 3.05) is 5.32 Å². The third-order valence-electron chi connectivity index (χ3n) is 7.89.